The molecule has 1 N–H and O–H groups in total. The molecule has 1 aliphatic carbocycles. The monoisotopic (exact) mass is 277 g/mol. The molecule has 0 spiro atoms. The Labute approximate surface area is 121 Å². The smallest absolute Gasteiger partial charge is 0.226 e. The summed E-state index contributed by atoms with van der Waals surface area (Å²) >= 11 is 0. The van der Waals surface area contributed by atoms with Crippen molar-refractivity contribution in [2.45, 2.75) is 64.2 Å². The maximum Gasteiger partial charge on any atom is 0.226 e. The average molecular weight is 277 g/mol. The molecule has 1 aromatic rings. The summed E-state index contributed by atoms with van der Waals surface area (Å²) in [5.74, 6) is 4.03. The molecular formula is C16H27N3O. The summed E-state index contributed by atoms with van der Waals surface area (Å²) in [6, 6.07) is 0. The highest BCUT2D eigenvalue weighted by Gasteiger charge is 2.25. The Morgan fingerprint density at radius 1 is 1.05 bits per heavy atom. The lowest BCUT2D eigenvalue weighted by atomic mass is 9.80. The lowest BCUT2D eigenvalue weighted by Gasteiger charge is -2.25. The van der Waals surface area contributed by atoms with Crippen molar-refractivity contribution in [1.29, 1.82) is 0 Å². The third-order valence-electron chi connectivity index (χ3n) is 5.20. The molecule has 1 aliphatic heterocycles. The quantitative estimate of drug-likeness (QED) is 0.917. The molecule has 4 heteroatoms. The van der Waals surface area contributed by atoms with E-state index in [0.717, 1.165) is 43.1 Å². The van der Waals surface area contributed by atoms with Crippen molar-refractivity contribution in [3.05, 3.63) is 11.7 Å². The Morgan fingerprint density at radius 3 is 2.50 bits per heavy atom. The van der Waals surface area contributed by atoms with Gasteiger partial charge in [-0.05, 0) is 63.5 Å². The van der Waals surface area contributed by atoms with Crippen molar-refractivity contribution < 1.29 is 4.52 Å². The third-order valence-corrected chi connectivity index (χ3v) is 5.20. The molecule has 20 heavy (non-hydrogen) atoms. The number of piperidine rings is 1. The van der Waals surface area contributed by atoms with Gasteiger partial charge in [-0.1, -0.05) is 18.5 Å². The van der Waals surface area contributed by atoms with Gasteiger partial charge in [0.1, 0.15) is 0 Å². The fourth-order valence-electron chi connectivity index (χ4n) is 3.68. The molecule has 0 radical (unpaired) electrons. The Balaban J connectivity index is 1.54. The van der Waals surface area contributed by atoms with Crippen LogP contribution in [-0.2, 0) is 6.42 Å². The predicted molar refractivity (Wildman–Crippen MR) is 78.6 cm³/mol. The van der Waals surface area contributed by atoms with Gasteiger partial charge >= 0.3 is 0 Å². The summed E-state index contributed by atoms with van der Waals surface area (Å²) in [5, 5.41) is 7.65. The van der Waals surface area contributed by atoms with Crippen LogP contribution >= 0.6 is 0 Å². The second-order valence-electron chi connectivity index (χ2n) is 6.57. The molecule has 2 heterocycles. The van der Waals surface area contributed by atoms with Crippen molar-refractivity contribution >= 4 is 0 Å². The van der Waals surface area contributed by atoms with E-state index < -0.39 is 0 Å². The zero-order valence-electron chi connectivity index (χ0n) is 12.6. The zero-order chi connectivity index (χ0) is 13.8. The van der Waals surface area contributed by atoms with E-state index in [0.29, 0.717) is 5.92 Å². The van der Waals surface area contributed by atoms with Gasteiger partial charge in [0.15, 0.2) is 5.82 Å². The topological polar surface area (TPSA) is 51.0 Å². The van der Waals surface area contributed by atoms with Crippen molar-refractivity contribution in [3.63, 3.8) is 0 Å². The number of nitrogens with zero attached hydrogens (tertiary/aromatic N) is 2. The van der Waals surface area contributed by atoms with E-state index in [2.05, 4.69) is 22.4 Å². The molecule has 2 fully saturated rings. The van der Waals surface area contributed by atoms with Gasteiger partial charge in [-0.15, -0.1) is 0 Å². The van der Waals surface area contributed by atoms with Crippen molar-refractivity contribution in [2.24, 2.45) is 11.8 Å². The molecule has 1 saturated heterocycles. The van der Waals surface area contributed by atoms with Gasteiger partial charge in [-0.3, -0.25) is 0 Å². The molecule has 0 bridgehead atoms. The molecule has 1 aromatic heterocycles. The van der Waals surface area contributed by atoms with Gasteiger partial charge in [-0.2, -0.15) is 4.98 Å². The zero-order valence-corrected chi connectivity index (χ0v) is 12.6. The molecule has 2 aliphatic rings. The van der Waals surface area contributed by atoms with E-state index in [-0.39, 0.29) is 0 Å². The molecule has 0 atom stereocenters. The highest BCUT2D eigenvalue weighted by molar-refractivity contribution is 4.98. The first-order valence-electron chi connectivity index (χ1n) is 8.38. The molecule has 4 nitrogen and oxygen atoms in total. The standard InChI is InChI=1S/C16H27N3O/c1-2-12-3-5-14(6-4-12)16-18-15(20-19-16)11-13-7-9-17-10-8-13/h12-14,17H,2-11H2,1H3. The first kappa shape index (κ1) is 14.1. The van der Waals surface area contributed by atoms with Gasteiger partial charge in [0.25, 0.3) is 0 Å². The van der Waals surface area contributed by atoms with E-state index in [1.165, 1.54) is 44.9 Å². The van der Waals surface area contributed by atoms with Gasteiger partial charge in [0.2, 0.25) is 5.89 Å². The maximum absolute atomic E-state index is 5.49. The Morgan fingerprint density at radius 2 is 1.80 bits per heavy atom. The summed E-state index contributed by atoms with van der Waals surface area (Å²) < 4.78 is 5.49. The van der Waals surface area contributed by atoms with Crippen molar-refractivity contribution in [3.8, 4) is 0 Å². The predicted octanol–water partition coefficient (Wildman–Crippen LogP) is 3.30. The minimum Gasteiger partial charge on any atom is -0.339 e. The van der Waals surface area contributed by atoms with Crippen LogP contribution in [0.25, 0.3) is 0 Å². The van der Waals surface area contributed by atoms with Crippen LogP contribution in [0, 0.1) is 11.8 Å². The summed E-state index contributed by atoms with van der Waals surface area (Å²) in [6.45, 7) is 4.57. The SMILES string of the molecule is CCC1CCC(c2noc(CC3CCNCC3)n2)CC1. The lowest BCUT2D eigenvalue weighted by Crippen LogP contribution is -2.28. The normalized spacial score (nSPS) is 28.6. The Kier molecular flexibility index (Phi) is 4.71. The highest BCUT2D eigenvalue weighted by Crippen LogP contribution is 2.35. The largest absolute Gasteiger partial charge is 0.339 e. The number of nitrogens with one attached hydrogen (secondary N) is 1. The number of rotatable bonds is 4. The van der Waals surface area contributed by atoms with Crippen LogP contribution in [0.15, 0.2) is 4.52 Å². The molecule has 112 valence electrons. The van der Waals surface area contributed by atoms with Crippen LogP contribution in [0.3, 0.4) is 0 Å². The first-order chi connectivity index (χ1) is 9.85. The number of hydrogen-bond donors (Lipinski definition) is 1. The molecule has 0 unspecified atom stereocenters. The van der Waals surface area contributed by atoms with Crippen molar-refractivity contribution in [1.82, 2.24) is 15.5 Å². The van der Waals surface area contributed by atoms with Gasteiger partial charge < -0.3 is 9.84 Å². The second kappa shape index (κ2) is 6.70. The van der Waals surface area contributed by atoms with E-state index >= 15 is 0 Å². The average Bonchev–Trinajstić information content (AvgIpc) is 2.97. The third kappa shape index (κ3) is 3.40. The number of aromatic nitrogens is 2. The Bertz CT molecular complexity index is 404. The summed E-state index contributed by atoms with van der Waals surface area (Å²) in [6.07, 6.45) is 9.91. The minimum atomic E-state index is 0.545. The number of hydrogen-bond acceptors (Lipinski definition) is 4. The summed E-state index contributed by atoms with van der Waals surface area (Å²) in [5.41, 5.74) is 0. The van der Waals surface area contributed by atoms with Crippen LogP contribution in [0.4, 0.5) is 0 Å². The van der Waals surface area contributed by atoms with E-state index in [4.69, 9.17) is 4.52 Å². The van der Waals surface area contributed by atoms with Crippen LogP contribution < -0.4 is 5.32 Å². The van der Waals surface area contributed by atoms with Gasteiger partial charge in [0.05, 0.1) is 0 Å². The van der Waals surface area contributed by atoms with E-state index in [1.54, 1.807) is 0 Å². The minimum absolute atomic E-state index is 0.545. The first-order valence-corrected chi connectivity index (χ1v) is 8.38. The van der Waals surface area contributed by atoms with Crippen molar-refractivity contribution in [2.75, 3.05) is 13.1 Å². The molecule has 0 amide bonds. The van der Waals surface area contributed by atoms with Crippen LogP contribution in [-0.4, -0.2) is 23.2 Å². The highest BCUT2D eigenvalue weighted by atomic mass is 16.5. The maximum atomic E-state index is 5.49. The fourth-order valence-corrected chi connectivity index (χ4v) is 3.68. The second-order valence-corrected chi connectivity index (χ2v) is 6.57. The van der Waals surface area contributed by atoms with E-state index in [9.17, 15) is 0 Å². The van der Waals surface area contributed by atoms with Crippen LogP contribution in [0.1, 0.15) is 69.5 Å². The van der Waals surface area contributed by atoms with Gasteiger partial charge in [-0.25, -0.2) is 0 Å². The molecular weight excluding hydrogens is 250 g/mol. The summed E-state index contributed by atoms with van der Waals surface area (Å²) in [4.78, 5) is 4.68. The van der Waals surface area contributed by atoms with Gasteiger partial charge in [0, 0.05) is 12.3 Å². The summed E-state index contributed by atoms with van der Waals surface area (Å²) in [7, 11) is 0. The Hall–Kier alpha value is -0.900. The molecule has 0 aromatic carbocycles. The van der Waals surface area contributed by atoms with Crippen LogP contribution in [0.5, 0.6) is 0 Å². The molecule has 3 rings (SSSR count). The van der Waals surface area contributed by atoms with E-state index in [1.807, 2.05) is 0 Å². The lowest BCUT2D eigenvalue weighted by molar-refractivity contribution is 0.296. The molecule has 1 saturated carbocycles. The van der Waals surface area contributed by atoms with Crippen LogP contribution in [0.2, 0.25) is 0 Å². The fraction of sp³-hybridized carbons (Fsp3) is 0.875.